The fourth-order valence-corrected chi connectivity index (χ4v) is 9.21. The Morgan fingerprint density at radius 1 is 0.831 bits per heavy atom. The van der Waals surface area contributed by atoms with Crippen molar-refractivity contribution in [1.29, 1.82) is 0 Å². The van der Waals surface area contributed by atoms with Crippen molar-refractivity contribution < 1.29 is 28.7 Å². The molecule has 0 bridgehead atoms. The highest BCUT2D eigenvalue weighted by Crippen LogP contribution is 2.42. The Hall–Kier alpha value is -6.43. The van der Waals surface area contributed by atoms with Crippen LogP contribution in [0.4, 0.5) is 10.7 Å². The molecule has 1 aliphatic carbocycles. The SMILES string of the molecule is COC(=O)c1c(NC(=O)C(Sc2cccc(NC(=O)/C(=C\c3ccc(OCc4ccccc4)cc3)NC(=O)c3ccccc3)c2)c2ccccc2)sc2c1CCC(C)C2. The van der Waals surface area contributed by atoms with Gasteiger partial charge < -0.3 is 25.4 Å². The molecule has 59 heavy (non-hydrogen) atoms. The first kappa shape index (κ1) is 40.8. The molecule has 298 valence electrons. The van der Waals surface area contributed by atoms with Crippen molar-refractivity contribution in [1.82, 2.24) is 5.32 Å². The summed E-state index contributed by atoms with van der Waals surface area (Å²) in [6.45, 7) is 2.61. The predicted octanol–water partition coefficient (Wildman–Crippen LogP) is 10.1. The highest BCUT2D eigenvalue weighted by Gasteiger charge is 2.31. The Bertz CT molecular complexity index is 2450. The summed E-state index contributed by atoms with van der Waals surface area (Å²) < 4.78 is 11.1. The van der Waals surface area contributed by atoms with Crippen LogP contribution in [0.2, 0.25) is 0 Å². The van der Waals surface area contributed by atoms with Gasteiger partial charge in [0.15, 0.2) is 0 Å². The first-order chi connectivity index (χ1) is 28.7. The van der Waals surface area contributed by atoms with Gasteiger partial charge in [-0.3, -0.25) is 14.4 Å². The van der Waals surface area contributed by atoms with E-state index in [4.69, 9.17) is 9.47 Å². The van der Waals surface area contributed by atoms with Crippen LogP contribution in [0.15, 0.2) is 150 Å². The second-order valence-corrected chi connectivity index (χ2v) is 16.4. The van der Waals surface area contributed by atoms with Crippen LogP contribution in [0.1, 0.15) is 66.4 Å². The van der Waals surface area contributed by atoms with Crippen LogP contribution in [-0.4, -0.2) is 30.8 Å². The van der Waals surface area contributed by atoms with Gasteiger partial charge in [-0.25, -0.2) is 4.79 Å². The van der Waals surface area contributed by atoms with Crippen LogP contribution < -0.4 is 20.7 Å². The summed E-state index contributed by atoms with van der Waals surface area (Å²) in [5.41, 5.74) is 4.77. The lowest BCUT2D eigenvalue weighted by molar-refractivity contribution is -0.116. The lowest BCUT2D eigenvalue weighted by atomic mass is 9.88. The van der Waals surface area contributed by atoms with Gasteiger partial charge in [0.1, 0.15) is 28.3 Å². The third-order valence-electron chi connectivity index (χ3n) is 9.79. The van der Waals surface area contributed by atoms with Crippen LogP contribution in [0, 0.1) is 5.92 Å². The molecule has 11 heteroatoms. The Balaban J connectivity index is 1.11. The van der Waals surface area contributed by atoms with E-state index in [0.717, 1.165) is 40.8 Å². The van der Waals surface area contributed by atoms with E-state index in [1.165, 1.54) is 30.2 Å². The maximum atomic E-state index is 14.2. The molecule has 0 saturated carbocycles. The average Bonchev–Trinajstić information content (AvgIpc) is 3.62. The van der Waals surface area contributed by atoms with E-state index < -0.39 is 23.0 Å². The van der Waals surface area contributed by atoms with Gasteiger partial charge in [0.05, 0.1) is 12.7 Å². The molecule has 2 atom stereocenters. The maximum Gasteiger partial charge on any atom is 0.341 e. The van der Waals surface area contributed by atoms with Crippen LogP contribution >= 0.6 is 23.1 Å². The summed E-state index contributed by atoms with van der Waals surface area (Å²) in [4.78, 5) is 56.3. The second-order valence-electron chi connectivity index (χ2n) is 14.1. The Kier molecular flexibility index (Phi) is 13.4. The van der Waals surface area contributed by atoms with Crippen molar-refractivity contribution in [3.05, 3.63) is 183 Å². The predicted molar refractivity (Wildman–Crippen MR) is 235 cm³/mol. The van der Waals surface area contributed by atoms with Crippen LogP contribution in [0.25, 0.3) is 6.08 Å². The van der Waals surface area contributed by atoms with Crippen molar-refractivity contribution in [2.24, 2.45) is 5.92 Å². The summed E-state index contributed by atoms with van der Waals surface area (Å²) in [5, 5.41) is 8.61. The van der Waals surface area contributed by atoms with Crippen molar-refractivity contribution in [3.63, 3.8) is 0 Å². The summed E-state index contributed by atoms with van der Waals surface area (Å²) in [6.07, 6.45) is 4.17. The smallest absolute Gasteiger partial charge is 0.341 e. The highest BCUT2D eigenvalue weighted by molar-refractivity contribution is 8.00. The Morgan fingerprint density at radius 2 is 1.53 bits per heavy atom. The van der Waals surface area contributed by atoms with Gasteiger partial charge in [-0.2, -0.15) is 0 Å². The fraction of sp³-hybridized carbons (Fsp3) is 0.167. The second kappa shape index (κ2) is 19.3. The zero-order valence-electron chi connectivity index (χ0n) is 32.6. The highest BCUT2D eigenvalue weighted by atomic mass is 32.2. The minimum Gasteiger partial charge on any atom is -0.489 e. The molecule has 3 amide bonds. The zero-order chi connectivity index (χ0) is 41.1. The number of ether oxygens (including phenoxy) is 2. The van der Waals surface area contributed by atoms with Gasteiger partial charge in [0.25, 0.3) is 11.8 Å². The third-order valence-corrected chi connectivity index (χ3v) is 12.2. The average molecular weight is 822 g/mol. The van der Waals surface area contributed by atoms with Gasteiger partial charge in [0.2, 0.25) is 5.91 Å². The molecule has 7 rings (SSSR count). The fourth-order valence-electron chi connectivity index (χ4n) is 6.73. The number of hydrogen-bond acceptors (Lipinski definition) is 8. The molecule has 6 aromatic rings. The number of methoxy groups -OCH3 is 1. The molecular weight excluding hydrogens is 779 g/mol. The van der Waals surface area contributed by atoms with E-state index in [-0.39, 0.29) is 11.6 Å². The number of benzene rings is 5. The van der Waals surface area contributed by atoms with E-state index in [0.29, 0.717) is 50.5 Å². The van der Waals surface area contributed by atoms with E-state index in [1.54, 1.807) is 48.5 Å². The first-order valence-corrected chi connectivity index (χ1v) is 20.9. The van der Waals surface area contributed by atoms with E-state index in [9.17, 15) is 19.2 Å². The Morgan fingerprint density at radius 3 is 2.24 bits per heavy atom. The monoisotopic (exact) mass is 821 g/mol. The van der Waals surface area contributed by atoms with E-state index in [2.05, 4.69) is 22.9 Å². The molecule has 1 heterocycles. The summed E-state index contributed by atoms with van der Waals surface area (Å²) in [5.74, 6) is -0.581. The number of amides is 3. The van der Waals surface area contributed by atoms with Crippen molar-refractivity contribution in [2.45, 2.75) is 42.9 Å². The van der Waals surface area contributed by atoms with Crippen LogP contribution in [0.3, 0.4) is 0 Å². The molecule has 0 radical (unpaired) electrons. The number of carbonyl (C=O) groups is 4. The van der Waals surface area contributed by atoms with Gasteiger partial charge in [0, 0.05) is 21.0 Å². The van der Waals surface area contributed by atoms with Crippen molar-refractivity contribution in [2.75, 3.05) is 17.7 Å². The minimum atomic E-state index is -0.703. The number of thiophene rings is 1. The number of hydrogen-bond donors (Lipinski definition) is 3. The quantitative estimate of drug-likeness (QED) is 0.0568. The Labute approximate surface area is 351 Å². The minimum absolute atomic E-state index is 0.0332. The van der Waals surface area contributed by atoms with Crippen molar-refractivity contribution in [3.8, 4) is 5.75 Å². The summed E-state index contributed by atoms with van der Waals surface area (Å²) >= 11 is 2.76. The summed E-state index contributed by atoms with van der Waals surface area (Å²) in [6, 6.07) is 42.4. The standard InChI is InChI=1S/C48H43N3O6S2/c1-31-21-26-39-41(27-31)59-47(42(39)48(55)56-2)51-46(54)43(34-15-8-4-9-16-34)58-38-20-12-19-36(29-38)49-45(53)40(50-44(52)35-17-10-5-11-18-35)28-32-22-24-37(25-23-32)57-30-33-13-6-3-7-14-33/h3-20,22-25,28-29,31,43H,21,26-27,30H2,1-2H3,(H,49,53)(H,50,52)(H,51,54)/b40-28+. The van der Waals surface area contributed by atoms with Gasteiger partial charge >= 0.3 is 5.97 Å². The normalized spacial score (nSPS) is 14.0. The van der Waals surface area contributed by atoms with Crippen LogP contribution in [0.5, 0.6) is 5.75 Å². The molecule has 9 nitrogen and oxygen atoms in total. The number of carbonyl (C=O) groups excluding carboxylic acids is 4. The van der Waals surface area contributed by atoms with E-state index >= 15 is 0 Å². The summed E-state index contributed by atoms with van der Waals surface area (Å²) in [7, 11) is 1.36. The van der Waals surface area contributed by atoms with Gasteiger partial charge in [-0.05, 0) is 96.0 Å². The first-order valence-electron chi connectivity index (χ1n) is 19.3. The maximum absolute atomic E-state index is 14.2. The van der Waals surface area contributed by atoms with Gasteiger partial charge in [-0.1, -0.05) is 104 Å². The molecule has 1 aliphatic rings. The molecule has 0 aliphatic heterocycles. The lowest BCUT2D eigenvalue weighted by Gasteiger charge is -2.18. The molecule has 2 unspecified atom stereocenters. The number of nitrogens with one attached hydrogen (secondary N) is 3. The molecule has 0 fully saturated rings. The zero-order valence-corrected chi connectivity index (χ0v) is 34.2. The topological polar surface area (TPSA) is 123 Å². The van der Waals surface area contributed by atoms with Gasteiger partial charge in [-0.15, -0.1) is 23.1 Å². The third kappa shape index (κ3) is 10.6. The number of fused-ring (bicyclic) bond motifs is 1. The largest absolute Gasteiger partial charge is 0.489 e. The molecule has 0 saturated heterocycles. The van der Waals surface area contributed by atoms with Crippen LogP contribution in [-0.2, 0) is 33.8 Å². The number of thioether (sulfide) groups is 1. The number of anilines is 2. The molecular formula is C48H43N3O6S2. The molecule has 3 N–H and O–H groups in total. The molecule has 0 spiro atoms. The number of rotatable bonds is 14. The van der Waals surface area contributed by atoms with E-state index in [1.807, 2.05) is 97.1 Å². The molecule has 5 aromatic carbocycles. The number of esters is 1. The molecule has 1 aromatic heterocycles. The lowest BCUT2D eigenvalue weighted by Crippen LogP contribution is -2.30. The van der Waals surface area contributed by atoms with Crippen molar-refractivity contribution >= 4 is 63.6 Å².